The van der Waals surface area contributed by atoms with Gasteiger partial charge >= 0.3 is 0 Å². The molecule has 0 aliphatic carbocycles. The molecule has 7 heteroatoms. The van der Waals surface area contributed by atoms with E-state index in [9.17, 15) is 4.79 Å². The van der Waals surface area contributed by atoms with E-state index in [0.717, 1.165) is 18.8 Å². The van der Waals surface area contributed by atoms with Crippen molar-refractivity contribution in [3.8, 4) is 0 Å². The van der Waals surface area contributed by atoms with Crippen LogP contribution in [0.5, 0.6) is 0 Å². The zero-order valence-corrected chi connectivity index (χ0v) is 12.3. The summed E-state index contributed by atoms with van der Waals surface area (Å²) in [5.41, 5.74) is 5.42. The molecular weight excluding hydrogens is 262 g/mol. The molecule has 1 aromatic rings. The Morgan fingerprint density at radius 3 is 2.95 bits per heavy atom. The summed E-state index contributed by atoms with van der Waals surface area (Å²) in [6.07, 6.45) is 2.72. The second kappa shape index (κ2) is 5.24. The standard InChI is InChI=1S/C12H19N5OS/c1-12(10(18)14-2)4-5-17(7-12)9-6-8(13)15-11(16-9)19-3/h6H,4-5,7H2,1-3H3,(H,14,18)(H2,13,15,16). The fourth-order valence-electron chi connectivity index (χ4n) is 2.33. The summed E-state index contributed by atoms with van der Waals surface area (Å²) >= 11 is 1.46. The van der Waals surface area contributed by atoms with Crippen molar-refractivity contribution in [1.29, 1.82) is 0 Å². The first-order valence-corrected chi connectivity index (χ1v) is 7.36. The topological polar surface area (TPSA) is 84.1 Å². The van der Waals surface area contributed by atoms with Crippen LogP contribution in [0.4, 0.5) is 11.6 Å². The van der Waals surface area contributed by atoms with Crippen molar-refractivity contribution in [1.82, 2.24) is 15.3 Å². The van der Waals surface area contributed by atoms with Crippen LogP contribution < -0.4 is 16.0 Å². The maximum absolute atomic E-state index is 11.9. The van der Waals surface area contributed by atoms with Crippen molar-refractivity contribution >= 4 is 29.3 Å². The third-order valence-electron chi connectivity index (χ3n) is 3.47. The maximum Gasteiger partial charge on any atom is 0.227 e. The molecule has 3 N–H and O–H groups in total. The highest BCUT2D eigenvalue weighted by Gasteiger charge is 2.40. The number of nitrogen functional groups attached to an aromatic ring is 1. The number of hydrogen-bond acceptors (Lipinski definition) is 6. The quantitative estimate of drug-likeness (QED) is 0.628. The van der Waals surface area contributed by atoms with Crippen LogP contribution in [0.3, 0.4) is 0 Å². The highest BCUT2D eigenvalue weighted by molar-refractivity contribution is 7.98. The Kier molecular flexibility index (Phi) is 3.84. The first kappa shape index (κ1) is 13.9. The van der Waals surface area contributed by atoms with E-state index in [-0.39, 0.29) is 11.3 Å². The molecule has 1 aliphatic rings. The fraction of sp³-hybridized carbons (Fsp3) is 0.583. The lowest BCUT2D eigenvalue weighted by Gasteiger charge is -2.23. The van der Waals surface area contributed by atoms with Crippen LogP contribution in [0.25, 0.3) is 0 Å². The lowest BCUT2D eigenvalue weighted by atomic mass is 9.89. The number of hydrogen-bond donors (Lipinski definition) is 2. The van der Waals surface area contributed by atoms with Crippen LogP contribution in [0.2, 0.25) is 0 Å². The normalized spacial score (nSPS) is 22.6. The van der Waals surface area contributed by atoms with E-state index in [1.807, 2.05) is 13.2 Å². The van der Waals surface area contributed by atoms with Crippen LogP contribution in [0, 0.1) is 5.41 Å². The molecule has 0 aromatic carbocycles. The summed E-state index contributed by atoms with van der Waals surface area (Å²) in [5.74, 6) is 1.33. The average molecular weight is 281 g/mol. The number of nitrogens with two attached hydrogens (primary N) is 1. The Morgan fingerprint density at radius 1 is 1.58 bits per heavy atom. The van der Waals surface area contributed by atoms with Crippen molar-refractivity contribution in [2.45, 2.75) is 18.5 Å². The summed E-state index contributed by atoms with van der Waals surface area (Å²) in [6.45, 7) is 3.43. The number of anilines is 2. The number of thioether (sulfide) groups is 1. The molecule has 19 heavy (non-hydrogen) atoms. The SMILES string of the molecule is CNC(=O)C1(C)CCN(c2cc(N)nc(SC)n2)C1. The molecule has 0 saturated carbocycles. The van der Waals surface area contributed by atoms with Crippen molar-refractivity contribution in [2.75, 3.05) is 37.0 Å². The fourth-order valence-corrected chi connectivity index (χ4v) is 2.71. The molecule has 1 atom stereocenters. The Hall–Kier alpha value is -1.50. The molecule has 0 bridgehead atoms. The lowest BCUT2D eigenvalue weighted by Crippen LogP contribution is -2.39. The molecule has 0 radical (unpaired) electrons. The molecule has 1 aromatic heterocycles. The van der Waals surface area contributed by atoms with Crippen molar-refractivity contribution in [3.05, 3.63) is 6.07 Å². The van der Waals surface area contributed by atoms with Gasteiger partial charge in [-0.3, -0.25) is 4.79 Å². The summed E-state index contributed by atoms with van der Waals surface area (Å²) in [7, 11) is 1.67. The molecule has 6 nitrogen and oxygen atoms in total. The van der Waals surface area contributed by atoms with Gasteiger partial charge in [-0.2, -0.15) is 0 Å². The molecule has 0 spiro atoms. The van der Waals surface area contributed by atoms with Gasteiger partial charge in [0.05, 0.1) is 5.41 Å². The third-order valence-corrected chi connectivity index (χ3v) is 4.01. The molecule has 1 amide bonds. The number of aromatic nitrogens is 2. The van der Waals surface area contributed by atoms with Crippen molar-refractivity contribution in [3.63, 3.8) is 0 Å². The number of nitrogens with one attached hydrogen (secondary N) is 1. The van der Waals surface area contributed by atoms with Crippen molar-refractivity contribution < 1.29 is 4.79 Å². The van der Waals surface area contributed by atoms with Crippen LogP contribution in [0.15, 0.2) is 11.2 Å². The minimum atomic E-state index is -0.367. The smallest absolute Gasteiger partial charge is 0.227 e. The van der Waals surface area contributed by atoms with Crippen LogP contribution in [0.1, 0.15) is 13.3 Å². The van der Waals surface area contributed by atoms with Crippen LogP contribution in [-0.4, -0.2) is 42.3 Å². The lowest BCUT2D eigenvalue weighted by molar-refractivity contribution is -0.128. The summed E-state index contributed by atoms with van der Waals surface area (Å²) in [6, 6.07) is 1.76. The highest BCUT2D eigenvalue weighted by atomic mass is 32.2. The summed E-state index contributed by atoms with van der Waals surface area (Å²) in [4.78, 5) is 22.6. The van der Waals surface area contributed by atoms with E-state index in [1.54, 1.807) is 13.1 Å². The van der Waals surface area contributed by atoms with Gasteiger partial charge < -0.3 is 16.0 Å². The zero-order valence-electron chi connectivity index (χ0n) is 11.4. The van der Waals surface area contributed by atoms with Gasteiger partial charge in [-0.25, -0.2) is 9.97 Å². The van der Waals surface area contributed by atoms with Gasteiger partial charge in [0.25, 0.3) is 0 Å². The largest absolute Gasteiger partial charge is 0.383 e. The molecule has 1 aliphatic heterocycles. The molecular formula is C12H19N5OS. The van der Waals surface area contributed by atoms with Gasteiger partial charge in [-0.1, -0.05) is 11.8 Å². The number of carbonyl (C=O) groups excluding carboxylic acids is 1. The number of nitrogens with zero attached hydrogens (tertiary/aromatic N) is 3. The Morgan fingerprint density at radius 2 is 2.32 bits per heavy atom. The molecule has 104 valence electrons. The van der Waals surface area contributed by atoms with Gasteiger partial charge in [0, 0.05) is 26.2 Å². The average Bonchev–Trinajstić information content (AvgIpc) is 2.81. The predicted molar refractivity (Wildman–Crippen MR) is 77.2 cm³/mol. The molecule has 2 heterocycles. The van der Waals surface area contributed by atoms with E-state index >= 15 is 0 Å². The second-order valence-electron chi connectivity index (χ2n) is 4.95. The predicted octanol–water partition coefficient (Wildman–Crippen LogP) is 0.743. The van der Waals surface area contributed by atoms with Gasteiger partial charge in [0.1, 0.15) is 11.6 Å². The molecule has 1 saturated heterocycles. The first-order valence-electron chi connectivity index (χ1n) is 6.14. The van der Waals surface area contributed by atoms with E-state index in [0.29, 0.717) is 17.5 Å². The van der Waals surface area contributed by atoms with E-state index in [4.69, 9.17) is 5.73 Å². The van der Waals surface area contributed by atoms with Crippen LogP contribution >= 0.6 is 11.8 Å². The molecule has 1 fully saturated rings. The number of carbonyl (C=O) groups is 1. The monoisotopic (exact) mass is 281 g/mol. The first-order chi connectivity index (χ1) is 8.98. The van der Waals surface area contributed by atoms with Gasteiger partial charge in [-0.15, -0.1) is 0 Å². The van der Waals surface area contributed by atoms with E-state index in [2.05, 4.69) is 20.2 Å². The van der Waals surface area contributed by atoms with Crippen molar-refractivity contribution in [2.24, 2.45) is 5.41 Å². The minimum absolute atomic E-state index is 0.0714. The number of rotatable bonds is 3. The summed E-state index contributed by atoms with van der Waals surface area (Å²) in [5, 5.41) is 3.38. The maximum atomic E-state index is 11.9. The highest BCUT2D eigenvalue weighted by Crippen LogP contribution is 2.33. The third kappa shape index (κ3) is 2.75. The Labute approximate surface area is 117 Å². The Bertz CT molecular complexity index is 495. The Balaban J connectivity index is 2.21. The summed E-state index contributed by atoms with van der Waals surface area (Å²) < 4.78 is 0. The van der Waals surface area contributed by atoms with Gasteiger partial charge in [0.15, 0.2) is 5.16 Å². The minimum Gasteiger partial charge on any atom is -0.383 e. The molecule has 2 rings (SSSR count). The molecule has 1 unspecified atom stereocenters. The van der Waals surface area contributed by atoms with Gasteiger partial charge in [0.2, 0.25) is 5.91 Å². The van der Waals surface area contributed by atoms with E-state index < -0.39 is 0 Å². The second-order valence-corrected chi connectivity index (χ2v) is 5.72. The van der Waals surface area contributed by atoms with Gasteiger partial charge in [-0.05, 0) is 19.6 Å². The zero-order chi connectivity index (χ0) is 14.0. The van der Waals surface area contributed by atoms with E-state index in [1.165, 1.54) is 11.8 Å². The number of amides is 1. The van der Waals surface area contributed by atoms with Crippen LogP contribution in [-0.2, 0) is 4.79 Å².